The molecule has 0 aromatic carbocycles. The number of hydrogen-bond donors (Lipinski definition) is 2. The van der Waals surface area contributed by atoms with Crippen LogP contribution in [-0.2, 0) is 4.74 Å². The van der Waals surface area contributed by atoms with Crippen molar-refractivity contribution < 1.29 is 9.84 Å². The summed E-state index contributed by atoms with van der Waals surface area (Å²) in [6.45, 7) is 3.39. The number of ether oxygens (including phenoxy) is 1. The van der Waals surface area contributed by atoms with Gasteiger partial charge in [0.05, 0.1) is 6.10 Å². The van der Waals surface area contributed by atoms with Crippen molar-refractivity contribution in [2.75, 3.05) is 40.4 Å². The zero-order valence-corrected chi connectivity index (χ0v) is 8.49. The fourth-order valence-electron chi connectivity index (χ4n) is 1.72. The first-order chi connectivity index (χ1) is 6.25. The van der Waals surface area contributed by atoms with Gasteiger partial charge in [-0.3, -0.25) is 4.90 Å². The van der Waals surface area contributed by atoms with Crippen LogP contribution in [0.2, 0.25) is 0 Å². The monoisotopic (exact) mass is 188 g/mol. The molecule has 2 N–H and O–H groups in total. The number of aliphatic hydroxyl groups is 1. The Balaban J connectivity index is 2.18. The highest BCUT2D eigenvalue weighted by atomic mass is 16.5. The summed E-state index contributed by atoms with van der Waals surface area (Å²) in [5.41, 5.74) is 0. The van der Waals surface area contributed by atoms with E-state index in [2.05, 4.69) is 17.3 Å². The second-order valence-corrected chi connectivity index (χ2v) is 3.62. The summed E-state index contributed by atoms with van der Waals surface area (Å²) in [7, 11) is 3.77. The molecule has 0 radical (unpaired) electrons. The Kier molecular flexibility index (Phi) is 4.66. The minimum absolute atomic E-state index is 0.215. The van der Waals surface area contributed by atoms with Gasteiger partial charge in [0.2, 0.25) is 0 Å². The van der Waals surface area contributed by atoms with E-state index in [4.69, 9.17) is 4.74 Å². The van der Waals surface area contributed by atoms with Gasteiger partial charge < -0.3 is 15.2 Å². The molecule has 0 spiro atoms. The van der Waals surface area contributed by atoms with Crippen molar-refractivity contribution in [2.24, 2.45) is 0 Å². The largest absolute Gasteiger partial charge is 0.390 e. The van der Waals surface area contributed by atoms with Crippen LogP contribution >= 0.6 is 0 Å². The van der Waals surface area contributed by atoms with Gasteiger partial charge in [-0.15, -0.1) is 0 Å². The quantitative estimate of drug-likeness (QED) is 0.559. The molecule has 78 valence electrons. The van der Waals surface area contributed by atoms with Crippen molar-refractivity contribution in [3.05, 3.63) is 0 Å². The summed E-state index contributed by atoms with van der Waals surface area (Å²) in [6, 6.07) is 0.275. The highest BCUT2D eigenvalue weighted by molar-refractivity contribution is 4.87. The van der Waals surface area contributed by atoms with E-state index in [1.165, 1.54) is 0 Å². The molecule has 4 heteroatoms. The summed E-state index contributed by atoms with van der Waals surface area (Å²) in [5.74, 6) is 0. The minimum Gasteiger partial charge on any atom is -0.390 e. The van der Waals surface area contributed by atoms with Crippen LogP contribution in [0.1, 0.15) is 6.42 Å². The van der Waals surface area contributed by atoms with Crippen molar-refractivity contribution in [3.63, 3.8) is 0 Å². The lowest BCUT2D eigenvalue weighted by molar-refractivity contribution is 0.0915. The highest BCUT2D eigenvalue weighted by Gasteiger charge is 2.27. The molecule has 1 aliphatic heterocycles. The van der Waals surface area contributed by atoms with Gasteiger partial charge in [0.25, 0.3) is 0 Å². The van der Waals surface area contributed by atoms with E-state index in [1.807, 2.05) is 0 Å². The average molecular weight is 188 g/mol. The lowest BCUT2D eigenvalue weighted by Gasteiger charge is -2.25. The molecule has 1 saturated heterocycles. The number of nitrogens with zero attached hydrogens (tertiary/aromatic N) is 1. The molecule has 0 aromatic heterocycles. The topological polar surface area (TPSA) is 44.7 Å². The molecule has 2 unspecified atom stereocenters. The number of nitrogens with one attached hydrogen (secondary N) is 1. The van der Waals surface area contributed by atoms with Gasteiger partial charge in [0, 0.05) is 39.4 Å². The molecule has 2 atom stereocenters. The molecule has 1 rings (SSSR count). The number of rotatable bonds is 5. The molecule has 0 bridgehead atoms. The first-order valence-electron chi connectivity index (χ1n) is 4.83. The molecule has 1 aliphatic rings. The van der Waals surface area contributed by atoms with Gasteiger partial charge in [-0.2, -0.15) is 0 Å². The third-order valence-electron chi connectivity index (χ3n) is 2.58. The first kappa shape index (κ1) is 10.9. The summed E-state index contributed by atoms with van der Waals surface area (Å²) in [4.78, 5) is 2.20. The predicted octanol–water partition coefficient (Wildman–Crippen LogP) is -0.713. The predicted molar refractivity (Wildman–Crippen MR) is 51.8 cm³/mol. The Bertz CT molecular complexity index is 144. The Morgan fingerprint density at radius 3 is 2.85 bits per heavy atom. The number of aliphatic hydroxyl groups excluding tert-OH is 1. The van der Waals surface area contributed by atoms with Crippen molar-refractivity contribution in [1.82, 2.24) is 10.2 Å². The summed E-state index contributed by atoms with van der Waals surface area (Å²) in [6.07, 6.45) is 0.809. The standard InChI is InChI=1S/C9H20N2O2/c1-11(4-3-5-13-2)8-6-10-7-9(8)12/h8-10,12H,3-7H2,1-2H3. The van der Waals surface area contributed by atoms with Gasteiger partial charge >= 0.3 is 0 Å². The zero-order chi connectivity index (χ0) is 9.68. The molecule has 4 nitrogen and oxygen atoms in total. The van der Waals surface area contributed by atoms with Gasteiger partial charge in [-0.1, -0.05) is 0 Å². The molecule has 0 aromatic rings. The Hall–Kier alpha value is -0.160. The van der Waals surface area contributed by atoms with E-state index in [-0.39, 0.29) is 12.1 Å². The smallest absolute Gasteiger partial charge is 0.0831 e. The number of β-amino-alcohol motifs (C(OH)–C–C–N with tert-alkyl or cyclic N) is 1. The molecular weight excluding hydrogens is 168 g/mol. The lowest BCUT2D eigenvalue weighted by atomic mass is 10.2. The van der Waals surface area contributed by atoms with Crippen LogP contribution in [0, 0.1) is 0 Å². The molecule has 0 aliphatic carbocycles. The van der Waals surface area contributed by atoms with Gasteiger partial charge in [0.15, 0.2) is 0 Å². The number of likely N-dealkylation sites (N-methyl/N-ethyl adjacent to an activating group) is 1. The summed E-state index contributed by atoms with van der Waals surface area (Å²) < 4.78 is 4.98. The van der Waals surface area contributed by atoms with Crippen molar-refractivity contribution in [2.45, 2.75) is 18.6 Å². The van der Waals surface area contributed by atoms with E-state index in [1.54, 1.807) is 7.11 Å². The van der Waals surface area contributed by atoms with Crippen molar-refractivity contribution in [1.29, 1.82) is 0 Å². The molecule has 0 amide bonds. The second-order valence-electron chi connectivity index (χ2n) is 3.62. The van der Waals surface area contributed by atoms with Crippen LogP contribution in [0.4, 0.5) is 0 Å². The Morgan fingerprint density at radius 2 is 2.31 bits per heavy atom. The Labute approximate surface area is 79.9 Å². The molecule has 13 heavy (non-hydrogen) atoms. The van der Waals surface area contributed by atoms with E-state index in [9.17, 15) is 5.11 Å². The first-order valence-corrected chi connectivity index (χ1v) is 4.83. The van der Waals surface area contributed by atoms with Crippen LogP contribution in [-0.4, -0.2) is 62.6 Å². The third-order valence-corrected chi connectivity index (χ3v) is 2.58. The zero-order valence-electron chi connectivity index (χ0n) is 8.49. The van der Waals surface area contributed by atoms with Crippen LogP contribution in [0.5, 0.6) is 0 Å². The van der Waals surface area contributed by atoms with Crippen LogP contribution in [0.15, 0.2) is 0 Å². The minimum atomic E-state index is -0.215. The summed E-state index contributed by atoms with van der Waals surface area (Å²) >= 11 is 0. The maximum atomic E-state index is 9.58. The van der Waals surface area contributed by atoms with E-state index >= 15 is 0 Å². The van der Waals surface area contributed by atoms with Crippen LogP contribution in [0.25, 0.3) is 0 Å². The van der Waals surface area contributed by atoms with Gasteiger partial charge in [-0.25, -0.2) is 0 Å². The molecule has 1 fully saturated rings. The van der Waals surface area contributed by atoms with Crippen molar-refractivity contribution >= 4 is 0 Å². The molecular formula is C9H20N2O2. The van der Waals surface area contributed by atoms with E-state index in [0.29, 0.717) is 0 Å². The van der Waals surface area contributed by atoms with Crippen molar-refractivity contribution in [3.8, 4) is 0 Å². The Morgan fingerprint density at radius 1 is 1.54 bits per heavy atom. The summed E-state index contributed by atoms with van der Waals surface area (Å²) in [5, 5.41) is 12.8. The SMILES string of the molecule is COCCCN(C)C1CNCC1O. The second kappa shape index (κ2) is 5.54. The number of methoxy groups -OCH3 is 1. The van der Waals surface area contributed by atoms with Gasteiger partial charge in [-0.05, 0) is 13.5 Å². The maximum Gasteiger partial charge on any atom is 0.0831 e. The fraction of sp³-hybridized carbons (Fsp3) is 1.00. The highest BCUT2D eigenvalue weighted by Crippen LogP contribution is 2.07. The molecule has 1 heterocycles. The van der Waals surface area contributed by atoms with E-state index in [0.717, 1.165) is 32.7 Å². The fourth-order valence-corrected chi connectivity index (χ4v) is 1.72. The van der Waals surface area contributed by atoms with Crippen LogP contribution in [0.3, 0.4) is 0 Å². The number of hydrogen-bond acceptors (Lipinski definition) is 4. The maximum absolute atomic E-state index is 9.58. The van der Waals surface area contributed by atoms with Crippen LogP contribution < -0.4 is 5.32 Å². The van der Waals surface area contributed by atoms with Gasteiger partial charge in [0.1, 0.15) is 0 Å². The van der Waals surface area contributed by atoms with E-state index < -0.39 is 0 Å². The third kappa shape index (κ3) is 3.23. The lowest BCUT2D eigenvalue weighted by Crippen LogP contribution is -2.41. The molecule has 0 saturated carbocycles. The normalized spacial score (nSPS) is 28.6. The average Bonchev–Trinajstić information content (AvgIpc) is 2.52.